The quantitative estimate of drug-likeness (QED) is 0.324. The van der Waals surface area contributed by atoms with Gasteiger partial charge in [0.25, 0.3) is 5.91 Å². The molecule has 1 amide bonds. The molecule has 2 aromatic heterocycles. The number of nitrogens with one attached hydrogen (secondary N) is 3. The third-order valence-electron chi connectivity index (χ3n) is 5.94. The number of carbonyl (C=O) groups excluding carboxylic acids is 1. The molecule has 10 heteroatoms. The van der Waals surface area contributed by atoms with Gasteiger partial charge in [-0.05, 0) is 31.2 Å². The monoisotopic (exact) mass is 480 g/mol. The van der Waals surface area contributed by atoms with E-state index in [0.29, 0.717) is 28.0 Å². The molecule has 2 aromatic carbocycles. The van der Waals surface area contributed by atoms with Crippen LogP contribution in [-0.4, -0.2) is 40.2 Å². The Hall–Kier alpha value is -4.02. The molecule has 8 nitrogen and oxygen atoms in total. The Morgan fingerprint density at radius 1 is 1.14 bits per heavy atom. The fraction of sp³-hybridized carbons (Fsp3) is 0.200. The third-order valence-corrected chi connectivity index (χ3v) is 5.94. The van der Waals surface area contributed by atoms with E-state index >= 15 is 4.39 Å². The van der Waals surface area contributed by atoms with Crippen molar-refractivity contribution in [3.63, 3.8) is 0 Å². The van der Waals surface area contributed by atoms with E-state index in [4.69, 9.17) is 9.47 Å². The molecule has 35 heavy (non-hydrogen) atoms. The molecule has 5 rings (SSSR count). The van der Waals surface area contributed by atoms with Crippen LogP contribution >= 0.6 is 0 Å². The number of H-pyrrole nitrogens is 1. The molecule has 1 aliphatic rings. The normalized spacial score (nSPS) is 18.0. The number of amides is 1. The van der Waals surface area contributed by atoms with E-state index in [1.165, 1.54) is 49.8 Å². The van der Waals surface area contributed by atoms with Gasteiger partial charge in [-0.25, -0.2) is 13.8 Å². The first kappa shape index (κ1) is 22.8. The Morgan fingerprint density at radius 3 is 2.69 bits per heavy atom. The first-order valence-corrected chi connectivity index (χ1v) is 10.8. The summed E-state index contributed by atoms with van der Waals surface area (Å²) < 4.78 is 39.6. The van der Waals surface area contributed by atoms with Crippen molar-refractivity contribution in [2.45, 2.75) is 18.6 Å². The predicted molar refractivity (Wildman–Crippen MR) is 126 cm³/mol. The maximum atomic E-state index is 15.1. The number of benzene rings is 2. The van der Waals surface area contributed by atoms with E-state index < -0.39 is 23.3 Å². The summed E-state index contributed by atoms with van der Waals surface area (Å²) in [5, 5.41) is 17.7. The molecule has 1 unspecified atom stereocenters. The lowest BCUT2D eigenvalue weighted by Crippen LogP contribution is -2.53. The lowest BCUT2D eigenvalue weighted by molar-refractivity contribution is -0.121. The van der Waals surface area contributed by atoms with Crippen LogP contribution < -0.4 is 15.4 Å². The van der Waals surface area contributed by atoms with E-state index in [2.05, 4.69) is 20.6 Å². The number of methoxy groups -OCH3 is 1. The van der Waals surface area contributed by atoms with E-state index in [9.17, 15) is 14.3 Å². The Labute approximate surface area is 198 Å². The number of anilines is 2. The Bertz CT molecular complexity index is 1440. The first-order chi connectivity index (χ1) is 16.8. The van der Waals surface area contributed by atoms with Crippen LogP contribution in [0.3, 0.4) is 0 Å². The number of aromatic amines is 1. The van der Waals surface area contributed by atoms with E-state index in [1.54, 1.807) is 13.0 Å². The number of aliphatic hydroxyl groups is 1. The van der Waals surface area contributed by atoms with Gasteiger partial charge in [0.1, 0.15) is 28.9 Å². The maximum Gasteiger partial charge on any atom is 0.252 e. The number of aromatic nitrogens is 2. The number of halogens is 2. The van der Waals surface area contributed by atoms with Gasteiger partial charge in [0, 0.05) is 30.5 Å². The number of carbonyl (C=O) groups is 1. The number of fused-ring (bicyclic) bond motifs is 3. The zero-order valence-electron chi connectivity index (χ0n) is 18.9. The van der Waals surface area contributed by atoms with Crippen LogP contribution in [0.15, 0.2) is 54.9 Å². The average molecular weight is 480 g/mol. The molecule has 0 fully saturated rings. The summed E-state index contributed by atoms with van der Waals surface area (Å²) in [4.78, 5) is 19.9. The second kappa shape index (κ2) is 8.64. The van der Waals surface area contributed by atoms with Crippen LogP contribution in [0.25, 0.3) is 11.0 Å². The molecule has 3 heterocycles. The summed E-state index contributed by atoms with van der Waals surface area (Å²) in [5.74, 6) is -1.55. The van der Waals surface area contributed by atoms with E-state index in [-0.39, 0.29) is 29.6 Å². The molecule has 1 aliphatic heterocycles. The van der Waals surface area contributed by atoms with Crippen molar-refractivity contribution in [3.8, 4) is 11.5 Å². The third kappa shape index (κ3) is 3.96. The minimum absolute atomic E-state index is 0.0103. The van der Waals surface area contributed by atoms with Gasteiger partial charge >= 0.3 is 0 Å². The summed E-state index contributed by atoms with van der Waals surface area (Å²) in [6.45, 7) is 1.79. The number of rotatable bonds is 6. The van der Waals surface area contributed by atoms with E-state index in [0.717, 1.165) is 6.07 Å². The zero-order chi connectivity index (χ0) is 24.7. The van der Waals surface area contributed by atoms with Gasteiger partial charge in [0.15, 0.2) is 11.6 Å². The molecule has 0 saturated heterocycles. The van der Waals surface area contributed by atoms with Crippen molar-refractivity contribution in [3.05, 3.63) is 77.6 Å². The average Bonchev–Trinajstić information content (AvgIpc) is 3.26. The van der Waals surface area contributed by atoms with Crippen LogP contribution in [0.1, 0.15) is 24.2 Å². The molecule has 0 saturated carbocycles. The van der Waals surface area contributed by atoms with Crippen LogP contribution in [0.4, 0.5) is 20.2 Å². The van der Waals surface area contributed by atoms with Crippen LogP contribution in [0, 0.1) is 11.6 Å². The van der Waals surface area contributed by atoms with Crippen molar-refractivity contribution >= 4 is 28.3 Å². The van der Waals surface area contributed by atoms with Crippen molar-refractivity contribution in [2.24, 2.45) is 0 Å². The van der Waals surface area contributed by atoms with E-state index in [1.807, 2.05) is 0 Å². The highest BCUT2D eigenvalue weighted by molar-refractivity contribution is 6.12. The highest BCUT2D eigenvalue weighted by atomic mass is 19.1. The molecule has 0 radical (unpaired) electrons. The smallest absolute Gasteiger partial charge is 0.252 e. The van der Waals surface area contributed by atoms with Crippen molar-refractivity contribution < 1.29 is 28.2 Å². The van der Waals surface area contributed by atoms with Gasteiger partial charge in [0.05, 0.1) is 29.6 Å². The largest absolute Gasteiger partial charge is 0.454 e. The second-order valence-corrected chi connectivity index (χ2v) is 8.48. The second-order valence-electron chi connectivity index (χ2n) is 8.48. The minimum Gasteiger partial charge on any atom is -0.454 e. The molecular weight excluding hydrogens is 458 g/mol. The highest BCUT2D eigenvalue weighted by Crippen LogP contribution is 2.41. The fourth-order valence-corrected chi connectivity index (χ4v) is 4.16. The number of para-hydroxylation sites is 1. The highest BCUT2D eigenvalue weighted by Gasteiger charge is 2.39. The summed E-state index contributed by atoms with van der Waals surface area (Å²) in [6, 6.07) is 9.71. The molecule has 0 spiro atoms. The van der Waals surface area contributed by atoms with Crippen molar-refractivity contribution in [1.29, 1.82) is 0 Å². The molecule has 180 valence electrons. The molecule has 4 N–H and O–H groups in total. The van der Waals surface area contributed by atoms with Crippen LogP contribution in [0.5, 0.6) is 11.5 Å². The predicted octanol–water partition coefficient (Wildman–Crippen LogP) is 4.48. The minimum atomic E-state index is -1.37. The number of aliphatic hydroxyl groups excluding tert-OH is 1. The fourth-order valence-electron chi connectivity index (χ4n) is 4.16. The molecule has 0 bridgehead atoms. The lowest BCUT2D eigenvalue weighted by atomic mass is 9.95. The standard InChI is InChI=1S/C25H22F2N4O4/c1-25(12-34-2)24(33)30-18-11-29-23-20(21(18)31-25)15(10-28-23)22(32)14-8-7-13(9-17(14)27)35-19-6-4-3-5-16(19)26/h3-11,22,31-32H,12H2,1-2H3,(H,28,29)(H,30,33)/t22?,25-/m0/s1. The summed E-state index contributed by atoms with van der Waals surface area (Å²) in [6.07, 6.45) is 1.67. The number of hydrogen-bond donors (Lipinski definition) is 4. The van der Waals surface area contributed by atoms with Gasteiger partial charge in [-0.1, -0.05) is 12.1 Å². The number of pyridine rings is 1. The molecule has 4 aromatic rings. The summed E-state index contributed by atoms with van der Waals surface area (Å²) in [5.41, 5.74) is 0.689. The number of ether oxygens (including phenoxy) is 2. The SMILES string of the molecule is COC[C@]1(C)Nc2c(cnc3[nH]cc(C(O)c4ccc(Oc5ccccc5F)cc4F)c23)NC1=O. The Balaban J connectivity index is 1.51. The van der Waals surface area contributed by atoms with Crippen molar-refractivity contribution in [1.82, 2.24) is 9.97 Å². The lowest BCUT2D eigenvalue weighted by Gasteiger charge is -2.35. The Kier molecular flexibility index (Phi) is 5.62. The first-order valence-electron chi connectivity index (χ1n) is 10.8. The van der Waals surface area contributed by atoms with Gasteiger partial charge in [-0.3, -0.25) is 4.79 Å². The summed E-state index contributed by atoms with van der Waals surface area (Å²) >= 11 is 0. The van der Waals surface area contributed by atoms with Gasteiger partial charge in [0.2, 0.25) is 0 Å². The molecule has 2 atom stereocenters. The van der Waals surface area contributed by atoms with Crippen LogP contribution in [-0.2, 0) is 9.53 Å². The van der Waals surface area contributed by atoms with Gasteiger partial charge < -0.3 is 30.2 Å². The summed E-state index contributed by atoms with van der Waals surface area (Å²) in [7, 11) is 1.49. The maximum absolute atomic E-state index is 15.1. The molecular formula is C25H22F2N4O4. The molecule has 0 aliphatic carbocycles. The topological polar surface area (TPSA) is 108 Å². The van der Waals surface area contributed by atoms with Crippen molar-refractivity contribution in [2.75, 3.05) is 24.4 Å². The van der Waals surface area contributed by atoms with Crippen LogP contribution in [0.2, 0.25) is 0 Å². The van der Waals surface area contributed by atoms with Gasteiger partial charge in [-0.2, -0.15) is 0 Å². The number of hydrogen-bond acceptors (Lipinski definition) is 6. The zero-order valence-corrected chi connectivity index (χ0v) is 18.9. The Morgan fingerprint density at radius 2 is 1.94 bits per heavy atom. The number of nitrogens with zero attached hydrogens (tertiary/aromatic N) is 1. The van der Waals surface area contributed by atoms with Gasteiger partial charge in [-0.15, -0.1) is 0 Å².